The lowest BCUT2D eigenvalue weighted by Crippen LogP contribution is -2.33. The lowest BCUT2D eigenvalue weighted by molar-refractivity contribution is -0.121. The zero-order chi connectivity index (χ0) is 24.1. The van der Waals surface area contributed by atoms with Gasteiger partial charge in [0.1, 0.15) is 11.6 Å². The number of ether oxygens (including phenoxy) is 1. The van der Waals surface area contributed by atoms with Crippen LogP contribution in [0.3, 0.4) is 0 Å². The van der Waals surface area contributed by atoms with Crippen molar-refractivity contribution in [3.8, 4) is 5.75 Å². The number of aryl methyl sites for hydroxylation is 1. The summed E-state index contributed by atoms with van der Waals surface area (Å²) >= 11 is 0. The van der Waals surface area contributed by atoms with Gasteiger partial charge < -0.3 is 10.1 Å². The molecule has 0 spiro atoms. The van der Waals surface area contributed by atoms with Gasteiger partial charge in [-0.05, 0) is 67.1 Å². The van der Waals surface area contributed by atoms with E-state index in [1.807, 2.05) is 19.9 Å². The summed E-state index contributed by atoms with van der Waals surface area (Å²) in [4.78, 5) is 12.5. The minimum Gasteiger partial charge on any atom is -0.496 e. The van der Waals surface area contributed by atoms with Gasteiger partial charge in [0, 0.05) is 13.0 Å². The number of sulfonamides is 1. The van der Waals surface area contributed by atoms with Crippen molar-refractivity contribution in [3.63, 3.8) is 0 Å². The number of anilines is 1. The van der Waals surface area contributed by atoms with Gasteiger partial charge in [0.25, 0.3) is 0 Å². The third-order valence-electron chi connectivity index (χ3n) is 5.37. The number of benzene rings is 2. The van der Waals surface area contributed by atoms with Crippen molar-refractivity contribution in [3.05, 3.63) is 58.9 Å². The maximum atomic E-state index is 14.1. The number of hydrogen-bond donors (Lipinski definition) is 1. The highest BCUT2D eigenvalue weighted by Crippen LogP contribution is 2.32. The summed E-state index contributed by atoms with van der Waals surface area (Å²) in [5.74, 6) is 0.286. The molecule has 2 rings (SSSR count). The Morgan fingerprint density at radius 3 is 2.38 bits per heavy atom. The molecule has 0 bridgehead atoms. The van der Waals surface area contributed by atoms with Crippen LogP contribution in [-0.2, 0) is 14.8 Å². The second-order valence-electron chi connectivity index (χ2n) is 8.28. The first kappa shape index (κ1) is 25.6. The number of amides is 1. The zero-order valence-electron chi connectivity index (χ0n) is 19.6. The van der Waals surface area contributed by atoms with Gasteiger partial charge in [-0.3, -0.25) is 9.10 Å². The highest BCUT2D eigenvalue weighted by atomic mass is 32.2. The number of halogens is 1. The van der Waals surface area contributed by atoms with Gasteiger partial charge >= 0.3 is 0 Å². The standard InChI is InChI=1S/C24H33FN2O4S/c1-16(2)19-15-20(17(3)14-23(19)31-5)18(4)26-24(28)12-9-13-27(32(6,29)30)22-11-8-7-10-21(22)25/h7-8,10-11,14-16,18H,9,12-13H2,1-6H3,(H,26,28)/t18-/m1/s1. The summed E-state index contributed by atoms with van der Waals surface area (Å²) < 4.78 is 44.9. The summed E-state index contributed by atoms with van der Waals surface area (Å²) in [7, 11) is -2.03. The predicted octanol–water partition coefficient (Wildman–Crippen LogP) is 4.69. The Labute approximate surface area is 190 Å². The van der Waals surface area contributed by atoms with E-state index in [1.165, 1.54) is 18.2 Å². The molecule has 176 valence electrons. The molecule has 1 atom stereocenters. The van der Waals surface area contributed by atoms with E-state index in [0.717, 1.165) is 33.0 Å². The van der Waals surface area contributed by atoms with Crippen LogP contribution in [0.15, 0.2) is 36.4 Å². The summed E-state index contributed by atoms with van der Waals surface area (Å²) in [6, 6.07) is 9.53. The van der Waals surface area contributed by atoms with Crippen LogP contribution in [-0.4, -0.2) is 34.2 Å². The summed E-state index contributed by atoms with van der Waals surface area (Å²) in [5, 5.41) is 2.98. The summed E-state index contributed by atoms with van der Waals surface area (Å²) in [5.41, 5.74) is 3.08. The Kier molecular flexibility index (Phi) is 8.66. The molecule has 0 saturated carbocycles. The molecule has 6 nitrogen and oxygen atoms in total. The third-order valence-corrected chi connectivity index (χ3v) is 6.55. The van der Waals surface area contributed by atoms with Crippen molar-refractivity contribution in [2.24, 2.45) is 0 Å². The van der Waals surface area contributed by atoms with Crippen LogP contribution >= 0.6 is 0 Å². The first-order chi connectivity index (χ1) is 15.0. The molecule has 0 aliphatic heterocycles. The van der Waals surface area contributed by atoms with Crippen molar-refractivity contribution >= 4 is 21.6 Å². The van der Waals surface area contributed by atoms with E-state index < -0.39 is 15.8 Å². The van der Waals surface area contributed by atoms with Gasteiger partial charge in [-0.25, -0.2) is 12.8 Å². The third kappa shape index (κ3) is 6.45. The van der Waals surface area contributed by atoms with Crippen LogP contribution in [0.1, 0.15) is 62.3 Å². The molecule has 1 amide bonds. The lowest BCUT2D eigenvalue weighted by Gasteiger charge is -2.23. The van der Waals surface area contributed by atoms with Crippen molar-refractivity contribution in [1.82, 2.24) is 5.32 Å². The average Bonchev–Trinajstić information content (AvgIpc) is 2.70. The molecule has 8 heteroatoms. The number of nitrogens with one attached hydrogen (secondary N) is 1. The molecular weight excluding hydrogens is 431 g/mol. The molecule has 0 heterocycles. The quantitative estimate of drug-likeness (QED) is 0.554. The Morgan fingerprint density at radius 2 is 1.81 bits per heavy atom. The highest BCUT2D eigenvalue weighted by Gasteiger charge is 2.21. The van der Waals surface area contributed by atoms with Crippen LogP contribution < -0.4 is 14.4 Å². The second-order valence-corrected chi connectivity index (χ2v) is 10.2. The van der Waals surface area contributed by atoms with E-state index in [1.54, 1.807) is 13.2 Å². The summed E-state index contributed by atoms with van der Waals surface area (Å²) in [6.45, 7) is 8.08. The molecular formula is C24H33FN2O4S. The maximum absolute atomic E-state index is 14.1. The summed E-state index contributed by atoms with van der Waals surface area (Å²) in [6.07, 6.45) is 1.41. The molecule has 0 fully saturated rings. The Hall–Kier alpha value is -2.61. The fourth-order valence-corrected chi connectivity index (χ4v) is 4.67. The van der Waals surface area contributed by atoms with Crippen LogP contribution in [0.5, 0.6) is 5.75 Å². The number of para-hydroxylation sites is 1. The molecule has 2 aromatic rings. The molecule has 0 aromatic heterocycles. The molecule has 0 unspecified atom stereocenters. The second kappa shape index (κ2) is 10.8. The number of carbonyl (C=O) groups excluding carboxylic acids is 1. The largest absolute Gasteiger partial charge is 0.496 e. The Bertz CT molecular complexity index is 1050. The van der Waals surface area contributed by atoms with Crippen molar-refractivity contribution in [2.45, 2.75) is 52.5 Å². The first-order valence-corrected chi connectivity index (χ1v) is 12.5. The topological polar surface area (TPSA) is 75.7 Å². The number of carbonyl (C=O) groups is 1. The monoisotopic (exact) mass is 464 g/mol. The van der Waals surface area contributed by atoms with Crippen LogP contribution in [0.4, 0.5) is 10.1 Å². The normalized spacial score (nSPS) is 12.5. The fraction of sp³-hybridized carbons (Fsp3) is 0.458. The van der Waals surface area contributed by atoms with Gasteiger partial charge in [-0.2, -0.15) is 0 Å². The van der Waals surface area contributed by atoms with Crippen LogP contribution in [0, 0.1) is 12.7 Å². The maximum Gasteiger partial charge on any atom is 0.232 e. The smallest absolute Gasteiger partial charge is 0.232 e. The minimum absolute atomic E-state index is 0.0145. The van der Waals surface area contributed by atoms with Crippen LogP contribution in [0.2, 0.25) is 0 Å². The van der Waals surface area contributed by atoms with Gasteiger partial charge in [-0.15, -0.1) is 0 Å². The van der Waals surface area contributed by atoms with Crippen molar-refractivity contribution in [1.29, 1.82) is 0 Å². The van der Waals surface area contributed by atoms with Crippen LogP contribution in [0.25, 0.3) is 0 Å². The van der Waals surface area contributed by atoms with E-state index in [0.29, 0.717) is 0 Å². The zero-order valence-corrected chi connectivity index (χ0v) is 20.4. The SMILES string of the molecule is COc1cc(C)c([C@@H](C)NC(=O)CCCN(c2ccccc2F)S(C)(=O)=O)cc1C(C)C. The van der Waals surface area contributed by atoms with Gasteiger partial charge in [0.15, 0.2) is 0 Å². The van der Waals surface area contributed by atoms with E-state index in [9.17, 15) is 17.6 Å². The van der Waals surface area contributed by atoms with Gasteiger partial charge in [0.2, 0.25) is 15.9 Å². The molecule has 1 N–H and O–H groups in total. The lowest BCUT2D eigenvalue weighted by atomic mass is 9.93. The van der Waals surface area contributed by atoms with Crippen molar-refractivity contribution in [2.75, 3.05) is 24.2 Å². The fourth-order valence-electron chi connectivity index (χ4n) is 3.70. The minimum atomic E-state index is -3.68. The number of methoxy groups -OCH3 is 1. The number of rotatable bonds is 10. The average molecular weight is 465 g/mol. The van der Waals surface area contributed by atoms with Crippen molar-refractivity contribution < 1.29 is 22.3 Å². The van der Waals surface area contributed by atoms with E-state index >= 15 is 0 Å². The Balaban J connectivity index is 2.05. The van der Waals surface area contributed by atoms with E-state index in [2.05, 4.69) is 25.2 Å². The van der Waals surface area contributed by atoms with E-state index in [-0.39, 0.29) is 42.9 Å². The Morgan fingerprint density at radius 1 is 1.16 bits per heavy atom. The molecule has 0 saturated heterocycles. The molecule has 0 radical (unpaired) electrons. The predicted molar refractivity (Wildman–Crippen MR) is 126 cm³/mol. The highest BCUT2D eigenvalue weighted by molar-refractivity contribution is 7.92. The molecule has 0 aliphatic rings. The number of nitrogens with zero attached hydrogens (tertiary/aromatic N) is 1. The first-order valence-electron chi connectivity index (χ1n) is 10.7. The van der Waals surface area contributed by atoms with E-state index in [4.69, 9.17) is 4.74 Å². The number of hydrogen-bond acceptors (Lipinski definition) is 4. The van der Waals surface area contributed by atoms with Gasteiger partial charge in [-0.1, -0.05) is 26.0 Å². The van der Waals surface area contributed by atoms with Gasteiger partial charge in [0.05, 0.1) is 25.1 Å². The molecule has 32 heavy (non-hydrogen) atoms. The molecule has 2 aromatic carbocycles. The molecule has 0 aliphatic carbocycles.